The van der Waals surface area contributed by atoms with Crippen LogP contribution in [0.2, 0.25) is 0 Å². The molecule has 1 aromatic carbocycles. The van der Waals surface area contributed by atoms with Crippen molar-refractivity contribution in [3.63, 3.8) is 0 Å². The predicted octanol–water partition coefficient (Wildman–Crippen LogP) is 2.54. The highest BCUT2D eigenvalue weighted by molar-refractivity contribution is 9.10. The summed E-state index contributed by atoms with van der Waals surface area (Å²) >= 11 is 3.37. The molecule has 22 heavy (non-hydrogen) atoms. The Morgan fingerprint density at radius 2 is 2.00 bits per heavy atom. The van der Waals surface area contributed by atoms with E-state index in [4.69, 9.17) is 5.11 Å². The van der Waals surface area contributed by atoms with Gasteiger partial charge in [-0.15, -0.1) is 0 Å². The van der Waals surface area contributed by atoms with Gasteiger partial charge >= 0.3 is 5.97 Å². The van der Waals surface area contributed by atoms with Crippen molar-refractivity contribution in [3.05, 3.63) is 46.2 Å². The third-order valence-corrected chi connectivity index (χ3v) is 3.71. The molecule has 2 aromatic rings. The van der Waals surface area contributed by atoms with Crippen molar-refractivity contribution < 1.29 is 14.7 Å². The third kappa shape index (κ3) is 3.94. The fraction of sp³-hybridized carbons (Fsp3) is 0.267. The van der Waals surface area contributed by atoms with Crippen molar-refractivity contribution in [2.24, 2.45) is 0 Å². The Labute approximate surface area is 136 Å². The summed E-state index contributed by atoms with van der Waals surface area (Å²) in [5.74, 6) is -1.11. The fourth-order valence-electron chi connectivity index (χ4n) is 2.01. The van der Waals surface area contributed by atoms with Gasteiger partial charge in [0, 0.05) is 17.4 Å². The first-order valence-corrected chi connectivity index (χ1v) is 7.59. The summed E-state index contributed by atoms with van der Waals surface area (Å²) in [4.78, 5) is 22.5. The predicted molar refractivity (Wildman–Crippen MR) is 85.2 cm³/mol. The number of benzene rings is 1. The van der Waals surface area contributed by atoms with Crippen molar-refractivity contribution in [1.82, 2.24) is 15.1 Å². The SMILES string of the molecule is Cc1c(C(=O)NCCCC(=O)O)cnn1-c1ccc(Br)cc1. The van der Waals surface area contributed by atoms with Gasteiger partial charge in [0.05, 0.1) is 23.1 Å². The zero-order valence-corrected chi connectivity index (χ0v) is 13.6. The maximum atomic E-state index is 12.1. The minimum Gasteiger partial charge on any atom is -0.481 e. The highest BCUT2D eigenvalue weighted by Crippen LogP contribution is 2.17. The van der Waals surface area contributed by atoms with Crippen molar-refractivity contribution in [2.45, 2.75) is 19.8 Å². The van der Waals surface area contributed by atoms with Gasteiger partial charge in [0.1, 0.15) is 0 Å². The molecule has 0 aliphatic rings. The lowest BCUT2D eigenvalue weighted by Crippen LogP contribution is -2.25. The van der Waals surface area contributed by atoms with E-state index in [1.54, 1.807) is 4.68 Å². The number of halogens is 1. The molecule has 0 bridgehead atoms. The zero-order valence-electron chi connectivity index (χ0n) is 12.0. The number of hydrogen-bond donors (Lipinski definition) is 2. The van der Waals surface area contributed by atoms with E-state index >= 15 is 0 Å². The van der Waals surface area contributed by atoms with E-state index in [0.29, 0.717) is 18.5 Å². The summed E-state index contributed by atoms with van der Waals surface area (Å²) in [5.41, 5.74) is 2.09. The van der Waals surface area contributed by atoms with E-state index in [0.717, 1.165) is 15.9 Å². The maximum absolute atomic E-state index is 12.1. The largest absolute Gasteiger partial charge is 0.481 e. The van der Waals surface area contributed by atoms with Crippen LogP contribution in [-0.2, 0) is 4.79 Å². The number of aromatic nitrogens is 2. The monoisotopic (exact) mass is 365 g/mol. The summed E-state index contributed by atoms with van der Waals surface area (Å²) < 4.78 is 2.66. The number of nitrogens with one attached hydrogen (secondary N) is 1. The van der Waals surface area contributed by atoms with Crippen LogP contribution in [0.4, 0.5) is 0 Å². The summed E-state index contributed by atoms with van der Waals surface area (Å²) in [6.45, 7) is 2.15. The second-order valence-electron chi connectivity index (χ2n) is 4.79. The van der Waals surface area contributed by atoms with E-state index in [1.807, 2.05) is 31.2 Å². The molecule has 2 N–H and O–H groups in total. The number of rotatable bonds is 6. The quantitative estimate of drug-likeness (QED) is 0.770. The molecule has 2 rings (SSSR count). The van der Waals surface area contributed by atoms with Crippen LogP contribution < -0.4 is 5.32 Å². The molecule has 0 radical (unpaired) electrons. The van der Waals surface area contributed by atoms with Gasteiger partial charge in [0.25, 0.3) is 5.91 Å². The van der Waals surface area contributed by atoms with Gasteiger partial charge < -0.3 is 10.4 Å². The van der Waals surface area contributed by atoms with Crippen LogP contribution in [0.1, 0.15) is 28.9 Å². The lowest BCUT2D eigenvalue weighted by atomic mass is 10.2. The van der Waals surface area contributed by atoms with Crippen LogP contribution in [0, 0.1) is 6.92 Å². The molecule has 1 amide bonds. The third-order valence-electron chi connectivity index (χ3n) is 3.18. The van der Waals surface area contributed by atoms with E-state index in [1.165, 1.54) is 6.20 Å². The molecule has 1 aromatic heterocycles. The molecule has 0 saturated heterocycles. The number of carboxylic acids is 1. The number of carbonyl (C=O) groups is 2. The normalized spacial score (nSPS) is 10.5. The number of carboxylic acid groups (broad SMARTS) is 1. The Hall–Kier alpha value is -2.15. The number of nitrogens with zero attached hydrogens (tertiary/aromatic N) is 2. The van der Waals surface area contributed by atoms with Gasteiger partial charge in [-0.3, -0.25) is 9.59 Å². The molecule has 0 atom stereocenters. The molecule has 0 unspecified atom stereocenters. The van der Waals surface area contributed by atoms with Crippen LogP contribution in [0.5, 0.6) is 0 Å². The first-order chi connectivity index (χ1) is 10.5. The van der Waals surface area contributed by atoms with Crippen LogP contribution in [0.15, 0.2) is 34.9 Å². The fourth-order valence-corrected chi connectivity index (χ4v) is 2.28. The molecule has 7 heteroatoms. The molecule has 0 aliphatic carbocycles. The number of aliphatic carboxylic acids is 1. The second-order valence-corrected chi connectivity index (χ2v) is 5.70. The smallest absolute Gasteiger partial charge is 0.303 e. The first kappa shape index (κ1) is 16.2. The van der Waals surface area contributed by atoms with E-state index in [9.17, 15) is 9.59 Å². The Morgan fingerprint density at radius 3 is 2.64 bits per heavy atom. The van der Waals surface area contributed by atoms with E-state index in [2.05, 4.69) is 26.3 Å². The van der Waals surface area contributed by atoms with Crippen LogP contribution >= 0.6 is 15.9 Å². The standard InChI is InChI=1S/C15H16BrN3O3/c1-10-13(15(22)17-8-2-3-14(20)21)9-18-19(10)12-6-4-11(16)5-7-12/h4-7,9H,2-3,8H2,1H3,(H,17,22)(H,20,21). The lowest BCUT2D eigenvalue weighted by molar-refractivity contribution is -0.137. The lowest BCUT2D eigenvalue weighted by Gasteiger charge is -2.06. The van der Waals surface area contributed by atoms with Crippen molar-refractivity contribution in [1.29, 1.82) is 0 Å². The Morgan fingerprint density at radius 1 is 1.32 bits per heavy atom. The molecular weight excluding hydrogens is 350 g/mol. The topological polar surface area (TPSA) is 84.2 Å². The average molecular weight is 366 g/mol. The van der Waals surface area contributed by atoms with Crippen LogP contribution in [0.3, 0.4) is 0 Å². The Bertz CT molecular complexity index is 680. The average Bonchev–Trinajstić information content (AvgIpc) is 2.86. The van der Waals surface area contributed by atoms with Gasteiger partial charge in [0.15, 0.2) is 0 Å². The molecule has 0 spiro atoms. The maximum Gasteiger partial charge on any atom is 0.303 e. The highest BCUT2D eigenvalue weighted by Gasteiger charge is 2.14. The highest BCUT2D eigenvalue weighted by atomic mass is 79.9. The second kappa shape index (κ2) is 7.22. The molecule has 116 valence electrons. The number of carbonyl (C=O) groups excluding carboxylic acids is 1. The molecule has 6 nitrogen and oxygen atoms in total. The van der Waals surface area contributed by atoms with Crippen molar-refractivity contribution in [2.75, 3.05) is 6.54 Å². The minimum absolute atomic E-state index is 0.0391. The van der Waals surface area contributed by atoms with E-state index in [-0.39, 0.29) is 12.3 Å². The van der Waals surface area contributed by atoms with Crippen LogP contribution in [-0.4, -0.2) is 33.3 Å². The van der Waals surface area contributed by atoms with Gasteiger partial charge in [-0.05, 0) is 37.6 Å². The summed E-state index contributed by atoms with van der Waals surface area (Å²) in [5, 5.41) is 15.5. The van der Waals surface area contributed by atoms with Crippen molar-refractivity contribution in [3.8, 4) is 5.69 Å². The van der Waals surface area contributed by atoms with Gasteiger partial charge in [-0.2, -0.15) is 5.10 Å². The van der Waals surface area contributed by atoms with E-state index < -0.39 is 5.97 Å². The Kier molecular flexibility index (Phi) is 5.32. The summed E-state index contributed by atoms with van der Waals surface area (Å²) in [7, 11) is 0. The number of amides is 1. The van der Waals surface area contributed by atoms with Crippen molar-refractivity contribution >= 4 is 27.8 Å². The zero-order chi connectivity index (χ0) is 16.1. The molecule has 0 aliphatic heterocycles. The van der Waals surface area contributed by atoms with Gasteiger partial charge in [-0.1, -0.05) is 15.9 Å². The molecule has 1 heterocycles. The van der Waals surface area contributed by atoms with Gasteiger partial charge in [0.2, 0.25) is 0 Å². The summed E-state index contributed by atoms with van der Waals surface area (Å²) in [6, 6.07) is 7.61. The molecule has 0 fully saturated rings. The Balaban J connectivity index is 2.05. The van der Waals surface area contributed by atoms with Gasteiger partial charge in [-0.25, -0.2) is 4.68 Å². The first-order valence-electron chi connectivity index (χ1n) is 6.79. The molecular formula is C15H16BrN3O3. The number of hydrogen-bond acceptors (Lipinski definition) is 3. The molecule has 0 saturated carbocycles. The minimum atomic E-state index is -0.867. The van der Waals surface area contributed by atoms with Crippen LogP contribution in [0.25, 0.3) is 5.69 Å². The summed E-state index contributed by atoms with van der Waals surface area (Å²) in [6.07, 6.45) is 1.96.